The summed E-state index contributed by atoms with van der Waals surface area (Å²) in [6.07, 6.45) is 2.51. The largest absolute Gasteiger partial charge is 0.507 e. The highest BCUT2D eigenvalue weighted by Gasteiger charge is 2.45. The Balaban J connectivity index is 1.84. The molecule has 1 unspecified atom stereocenters. The summed E-state index contributed by atoms with van der Waals surface area (Å²) < 4.78 is 5.63. The third-order valence-electron chi connectivity index (χ3n) is 5.30. The SMILES string of the molecule is CCCN1C(=O)C(=O)/C(=C(\O)c2ccc3c(c2)CCCO3)C1c1ccccc1. The zero-order valence-corrected chi connectivity index (χ0v) is 15.9. The van der Waals surface area contributed by atoms with Gasteiger partial charge in [-0.1, -0.05) is 37.3 Å². The van der Waals surface area contributed by atoms with E-state index in [0.29, 0.717) is 18.7 Å². The average Bonchev–Trinajstić information content (AvgIpc) is 2.99. The van der Waals surface area contributed by atoms with Gasteiger partial charge in [-0.05, 0) is 48.6 Å². The van der Waals surface area contributed by atoms with Gasteiger partial charge in [0.05, 0.1) is 18.2 Å². The molecule has 2 aromatic rings. The first kappa shape index (κ1) is 18.3. The Morgan fingerprint density at radius 1 is 1.18 bits per heavy atom. The van der Waals surface area contributed by atoms with E-state index in [2.05, 4.69) is 0 Å². The van der Waals surface area contributed by atoms with Crippen molar-refractivity contribution < 1.29 is 19.4 Å². The van der Waals surface area contributed by atoms with Crippen molar-refractivity contribution in [3.8, 4) is 5.75 Å². The second-order valence-electron chi connectivity index (χ2n) is 7.18. The second-order valence-corrected chi connectivity index (χ2v) is 7.18. The molecule has 1 fully saturated rings. The smallest absolute Gasteiger partial charge is 0.295 e. The number of aryl methyl sites for hydroxylation is 1. The maximum atomic E-state index is 12.8. The highest BCUT2D eigenvalue weighted by atomic mass is 16.5. The highest BCUT2D eigenvalue weighted by Crippen LogP contribution is 2.40. The summed E-state index contributed by atoms with van der Waals surface area (Å²) in [6, 6.07) is 14.2. The number of ether oxygens (including phenoxy) is 1. The summed E-state index contributed by atoms with van der Waals surface area (Å²) in [6.45, 7) is 3.11. The van der Waals surface area contributed by atoms with E-state index >= 15 is 0 Å². The van der Waals surface area contributed by atoms with Gasteiger partial charge in [0.1, 0.15) is 11.5 Å². The molecule has 2 heterocycles. The Morgan fingerprint density at radius 3 is 2.71 bits per heavy atom. The van der Waals surface area contributed by atoms with Gasteiger partial charge in [-0.15, -0.1) is 0 Å². The fraction of sp³-hybridized carbons (Fsp3) is 0.304. The summed E-state index contributed by atoms with van der Waals surface area (Å²) >= 11 is 0. The summed E-state index contributed by atoms with van der Waals surface area (Å²) in [5.74, 6) is -0.500. The van der Waals surface area contributed by atoms with Crippen molar-refractivity contribution in [2.24, 2.45) is 0 Å². The van der Waals surface area contributed by atoms with Crippen LogP contribution in [0.15, 0.2) is 54.1 Å². The van der Waals surface area contributed by atoms with E-state index in [-0.39, 0.29) is 11.3 Å². The Labute approximate surface area is 164 Å². The fourth-order valence-corrected chi connectivity index (χ4v) is 4.00. The quantitative estimate of drug-likeness (QED) is 0.499. The normalized spacial score (nSPS) is 20.8. The number of hydrogen-bond acceptors (Lipinski definition) is 4. The number of nitrogens with zero attached hydrogens (tertiary/aromatic N) is 1. The fourth-order valence-electron chi connectivity index (χ4n) is 4.00. The van der Waals surface area contributed by atoms with Crippen molar-refractivity contribution in [3.05, 3.63) is 70.8 Å². The Morgan fingerprint density at radius 2 is 1.96 bits per heavy atom. The van der Waals surface area contributed by atoms with E-state index in [4.69, 9.17) is 4.74 Å². The number of hydrogen-bond donors (Lipinski definition) is 1. The van der Waals surface area contributed by atoms with Crippen molar-refractivity contribution in [2.75, 3.05) is 13.2 Å². The van der Waals surface area contributed by atoms with Crippen LogP contribution in [-0.2, 0) is 16.0 Å². The first-order valence-electron chi connectivity index (χ1n) is 9.71. The van der Waals surface area contributed by atoms with Gasteiger partial charge < -0.3 is 14.7 Å². The van der Waals surface area contributed by atoms with E-state index in [1.54, 1.807) is 11.0 Å². The first-order valence-corrected chi connectivity index (χ1v) is 9.71. The van der Waals surface area contributed by atoms with Gasteiger partial charge in [0.15, 0.2) is 0 Å². The molecule has 0 spiro atoms. The van der Waals surface area contributed by atoms with Gasteiger partial charge in [0.2, 0.25) is 0 Å². The molecule has 5 heteroatoms. The van der Waals surface area contributed by atoms with Crippen molar-refractivity contribution in [1.82, 2.24) is 4.90 Å². The van der Waals surface area contributed by atoms with Crippen LogP contribution in [0, 0.1) is 0 Å². The lowest BCUT2D eigenvalue weighted by Gasteiger charge is -2.25. The molecule has 1 saturated heterocycles. The zero-order chi connectivity index (χ0) is 19.7. The lowest BCUT2D eigenvalue weighted by atomic mass is 9.94. The number of amides is 1. The van der Waals surface area contributed by atoms with Gasteiger partial charge in [-0.25, -0.2) is 0 Å². The van der Waals surface area contributed by atoms with Gasteiger partial charge in [0.25, 0.3) is 11.7 Å². The molecule has 0 aromatic heterocycles. The summed E-state index contributed by atoms with van der Waals surface area (Å²) in [5.41, 5.74) is 2.52. The molecular formula is C23H23NO4. The number of ketones is 1. The number of likely N-dealkylation sites (tertiary alicyclic amines) is 1. The molecule has 1 amide bonds. The van der Waals surface area contributed by atoms with Gasteiger partial charge >= 0.3 is 0 Å². The minimum Gasteiger partial charge on any atom is -0.507 e. The predicted octanol–water partition coefficient (Wildman–Crippen LogP) is 3.84. The maximum absolute atomic E-state index is 12.8. The lowest BCUT2D eigenvalue weighted by Crippen LogP contribution is -2.30. The number of carbonyl (C=O) groups excluding carboxylic acids is 2. The van der Waals surface area contributed by atoms with Crippen LogP contribution in [0.5, 0.6) is 5.75 Å². The van der Waals surface area contributed by atoms with Crippen LogP contribution in [0.2, 0.25) is 0 Å². The van der Waals surface area contributed by atoms with E-state index in [1.807, 2.05) is 49.4 Å². The monoisotopic (exact) mass is 377 g/mol. The van der Waals surface area contributed by atoms with Crippen LogP contribution in [-0.4, -0.2) is 34.8 Å². The van der Waals surface area contributed by atoms with Crippen LogP contribution >= 0.6 is 0 Å². The molecule has 0 radical (unpaired) electrons. The molecule has 144 valence electrons. The summed E-state index contributed by atoms with van der Waals surface area (Å²) in [7, 11) is 0. The van der Waals surface area contributed by atoms with Gasteiger partial charge in [-0.3, -0.25) is 9.59 Å². The number of aliphatic hydroxyl groups is 1. The molecule has 2 aliphatic rings. The Bertz CT molecular complexity index is 948. The van der Waals surface area contributed by atoms with Crippen molar-refractivity contribution in [2.45, 2.75) is 32.2 Å². The van der Waals surface area contributed by atoms with Crippen molar-refractivity contribution >= 4 is 17.4 Å². The molecule has 4 rings (SSSR count). The molecule has 0 aliphatic carbocycles. The average molecular weight is 377 g/mol. The molecule has 5 nitrogen and oxygen atoms in total. The third kappa shape index (κ3) is 3.07. The lowest BCUT2D eigenvalue weighted by molar-refractivity contribution is -0.139. The molecule has 2 aliphatic heterocycles. The number of Topliss-reactive ketones (excluding diaryl/α,β-unsaturated/α-hetero) is 1. The topological polar surface area (TPSA) is 66.8 Å². The molecule has 1 N–H and O–H groups in total. The van der Waals surface area contributed by atoms with Crippen LogP contribution in [0.1, 0.15) is 42.5 Å². The molecule has 0 saturated carbocycles. The summed E-state index contributed by atoms with van der Waals surface area (Å²) in [4.78, 5) is 27.1. The second kappa shape index (κ2) is 7.50. The van der Waals surface area contributed by atoms with Crippen LogP contribution < -0.4 is 4.74 Å². The van der Waals surface area contributed by atoms with Gasteiger partial charge in [0, 0.05) is 12.1 Å². The minimum absolute atomic E-state index is 0.126. The van der Waals surface area contributed by atoms with Crippen molar-refractivity contribution in [3.63, 3.8) is 0 Å². The van der Waals surface area contributed by atoms with E-state index in [9.17, 15) is 14.7 Å². The Kier molecular flexibility index (Phi) is 4.90. The Hall–Kier alpha value is -3.08. The number of fused-ring (bicyclic) bond motifs is 1. The maximum Gasteiger partial charge on any atom is 0.295 e. The van der Waals surface area contributed by atoms with Crippen molar-refractivity contribution in [1.29, 1.82) is 0 Å². The molecule has 28 heavy (non-hydrogen) atoms. The standard InChI is InChI=1S/C23H23NO4/c1-2-12-24-20(15-7-4-3-5-8-15)19(22(26)23(24)27)21(25)17-10-11-18-16(14-17)9-6-13-28-18/h3-5,7-8,10-11,14,20,25H,2,6,9,12-13H2,1H3/b21-19-. The van der Waals surface area contributed by atoms with Crippen LogP contribution in [0.3, 0.4) is 0 Å². The van der Waals surface area contributed by atoms with E-state index in [1.165, 1.54) is 0 Å². The van der Waals surface area contributed by atoms with Crippen LogP contribution in [0.25, 0.3) is 5.76 Å². The van der Waals surface area contributed by atoms with E-state index in [0.717, 1.165) is 36.1 Å². The van der Waals surface area contributed by atoms with Gasteiger partial charge in [-0.2, -0.15) is 0 Å². The number of rotatable bonds is 4. The molecule has 1 atom stereocenters. The number of carbonyl (C=O) groups is 2. The van der Waals surface area contributed by atoms with E-state index < -0.39 is 17.7 Å². The predicted molar refractivity (Wildman–Crippen MR) is 106 cm³/mol. The van der Waals surface area contributed by atoms with Crippen LogP contribution in [0.4, 0.5) is 0 Å². The third-order valence-corrected chi connectivity index (χ3v) is 5.30. The summed E-state index contributed by atoms with van der Waals surface area (Å²) in [5, 5.41) is 11.1. The minimum atomic E-state index is -0.631. The number of aliphatic hydroxyl groups excluding tert-OH is 1. The first-order chi connectivity index (χ1) is 13.6. The zero-order valence-electron chi connectivity index (χ0n) is 15.9. The molecule has 2 aromatic carbocycles. The molecule has 0 bridgehead atoms. The highest BCUT2D eigenvalue weighted by molar-refractivity contribution is 6.46. The number of benzene rings is 2. The molecular weight excluding hydrogens is 354 g/mol.